The van der Waals surface area contributed by atoms with E-state index >= 15 is 0 Å². The van der Waals surface area contributed by atoms with Gasteiger partial charge in [-0.1, -0.05) is 30.3 Å². The van der Waals surface area contributed by atoms with Gasteiger partial charge in [-0.15, -0.1) is 0 Å². The second kappa shape index (κ2) is 6.67. The number of carbonyl (C=O) groups excluding carboxylic acids is 1. The minimum atomic E-state index is -0.279. The summed E-state index contributed by atoms with van der Waals surface area (Å²) in [5, 5.41) is 13.0. The smallest absolute Gasteiger partial charge is 0.255 e. The Hall–Kier alpha value is -2.69. The second-order valence-corrected chi connectivity index (χ2v) is 6.72. The minimum absolute atomic E-state index is 0.0877. The van der Waals surface area contributed by atoms with Crippen molar-refractivity contribution in [1.29, 1.82) is 0 Å². The number of carbonyl (C=O) groups is 1. The van der Waals surface area contributed by atoms with Gasteiger partial charge in [0.1, 0.15) is 5.75 Å². The molecule has 0 radical (unpaired) electrons. The van der Waals surface area contributed by atoms with Gasteiger partial charge in [0.05, 0.1) is 5.56 Å². The zero-order valence-corrected chi connectivity index (χ0v) is 13.9. The van der Waals surface area contributed by atoms with Gasteiger partial charge in [-0.25, -0.2) is 0 Å². The van der Waals surface area contributed by atoms with Crippen LogP contribution in [0.3, 0.4) is 0 Å². The van der Waals surface area contributed by atoms with Crippen LogP contribution in [-0.4, -0.2) is 24.4 Å². The van der Waals surface area contributed by atoms with Crippen LogP contribution in [0.5, 0.6) is 17.2 Å². The van der Waals surface area contributed by atoms with Crippen molar-refractivity contribution in [2.45, 2.75) is 25.2 Å². The van der Waals surface area contributed by atoms with Crippen molar-refractivity contribution in [1.82, 2.24) is 5.32 Å². The molecule has 1 amide bonds. The van der Waals surface area contributed by atoms with E-state index in [4.69, 9.17) is 9.47 Å². The lowest BCUT2D eigenvalue weighted by molar-refractivity contribution is 0.0944. The fourth-order valence-corrected chi connectivity index (χ4v) is 3.73. The minimum Gasteiger partial charge on any atom is -0.507 e. The lowest BCUT2D eigenvalue weighted by Gasteiger charge is -2.13. The number of phenolic OH excluding ortho intramolecular Hbond substituents is 1. The Morgan fingerprint density at radius 3 is 2.68 bits per heavy atom. The first-order valence-corrected chi connectivity index (χ1v) is 8.66. The Morgan fingerprint density at radius 2 is 1.88 bits per heavy atom. The average Bonchev–Trinajstić information content (AvgIpc) is 3.28. The first kappa shape index (κ1) is 15.8. The molecule has 0 bridgehead atoms. The molecule has 2 aromatic carbocycles. The van der Waals surface area contributed by atoms with E-state index in [1.807, 2.05) is 6.07 Å². The largest absolute Gasteiger partial charge is 0.507 e. The highest BCUT2D eigenvalue weighted by atomic mass is 16.7. The summed E-state index contributed by atoms with van der Waals surface area (Å²) in [6, 6.07) is 13.5. The van der Waals surface area contributed by atoms with Crippen molar-refractivity contribution >= 4 is 5.91 Å². The third-order valence-corrected chi connectivity index (χ3v) is 5.10. The Labute approximate surface area is 146 Å². The molecule has 2 aromatic rings. The van der Waals surface area contributed by atoms with E-state index < -0.39 is 0 Å². The van der Waals surface area contributed by atoms with Crippen LogP contribution in [0.15, 0.2) is 42.5 Å². The lowest BCUT2D eigenvalue weighted by atomic mass is 9.96. The number of ether oxygens (including phenoxy) is 2. The predicted octanol–water partition coefficient (Wildman–Crippen LogP) is 3.43. The van der Waals surface area contributed by atoms with Crippen LogP contribution < -0.4 is 14.8 Å². The first-order valence-electron chi connectivity index (χ1n) is 8.66. The van der Waals surface area contributed by atoms with Crippen LogP contribution >= 0.6 is 0 Å². The monoisotopic (exact) mass is 339 g/mol. The molecule has 5 heteroatoms. The molecule has 1 aliphatic heterocycles. The number of aromatic hydroxyl groups is 1. The standard InChI is InChI=1S/C20H21NO4/c22-17-10-19-18(24-12-25-19)9-16(17)20(23)21-11-13-6-7-15(8-13)14-4-2-1-3-5-14/h1-5,9-10,13,15,22H,6-8,11-12H2,(H,21,23). The lowest BCUT2D eigenvalue weighted by Crippen LogP contribution is -2.28. The zero-order chi connectivity index (χ0) is 17.2. The normalized spacial score (nSPS) is 21.3. The quantitative estimate of drug-likeness (QED) is 0.895. The first-order chi connectivity index (χ1) is 12.2. The van der Waals surface area contributed by atoms with Gasteiger partial charge in [0.15, 0.2) is 11.5 Å². The third-order valence-electron chi connectivity index (χ3n) is 5.10. The van der Waals surface area contributed by atoms with Crippen LogP contribution in [-0.2, 0) is 0 Å². The highest BCUT2D eigenvalue weighted by molar-refractivity contribution is 5.97. The van der Waals surface area contributed by atoms with Crippen molar-refractivity contribution in [2.75, 3.05) is 13.3 Å². The average molecular weight is 339 g/mol. The topological polar surface area (TPSA) is 67.8 Å². The maximum atomic E-state index is 12.4. The molecule has 2 N–H and O–H groups in total. The molecule has 4 rings (SSSR count). The summed E-state index contributed by atoms with van der Waals surface area (Å²) in [5.41, 5.74) is 1.60. The number of fused-ring (bicyclic) bond motifs is 1. The van der Waals surface area contributed by atoms with Gasteiger partial charge < -0.3 is 19.9 Å². The molecule has 1 aliphatic carbocycles. The number of hydrogen-bond acceptors (Lipinski definition) is 4. The van der Waals surface area contributed by atoms with E-state index in [-0.39, 0.29) is 24.0 Å². The number of amides is 1. The van der Waals surface area contributed by atoms with E-state index in [0.717, 1.165) is 19.3 Å². The molecular formula is C20H21NO4. The van der Waals surface area contributed by atoms with Gasteiger partial charge in [-0.05, 0) is 36.7 Å². The molecule has 5 nitrogen and oxygen atoms in total. The molecule has 0 spiro atoms. The second-order valence-electron chi connectivity index (χ2n) is 6.72. The summed E-state index contributed by atoms with van der Waals surface area (Å²) in [5.74, 6) is 1.63. The molecule has 25 heavy (non-hydrogen) atoms. The van der Waals surface area contributed by atoms with Crippen molar-refractivity contribution in [2.24, 2.45) is 5.92 Å². The molecule has 1 heterocycles. The van der Waals surface area contributed by atoms with Crippen LogP contribution in [0.25, 0.3) is 0 Å². The molecule has 1 fully saturated rings. The third kappa shape index (κ3) is 3.27. The van der Waals surface area contributed by atoms with Crippen molar-refractivity contribution in [3.05, 3.63) is 53.6 Å². The number of benzene rings is 2. The number of hydrogen-bond donors (Lipinski definition) is 2. The Bertz CT molecular complexity index is 775. The number of rotatable bonds is 4. The molecule has 0 aromatic heterocycles. The zero-order valence-electron chi connectivity index (χ0n) is 13.9. The Kier molecular flexibility index (Phi) is 4.22. The van der Waals surface area contributed by atoms with E-state index in [0.29, 0.717) is 29.9 Å². The predicted molar refractivity (Wildman–Crippen MR) is 93.1 cm³/mol. The molecule has 2 unspecified atom stereocenters. The summed E-state index contributed by atoms with van der Waals surface area (Å²) < 4.78 is 10.5. The van der Waals surface area contributed by atoms with Crippen molar-refractivity contribution < 1.29 is 19.4 Å². The van der Waals surface area contributed by atoms with Gasteiger partial charge in [-0.3, -0.25) is 4.79 Å². The molecular weight excluding hydrogens is 318 g/mol. The van der Waals surface area contributed by atoms with Crippen LogP contribution in [0.2, 0.25) is 0 Å². The van der Waals surface area contributed by atoms with Gasteiger partial charge in [0.2, 0.25) is 6.79 Å². The van der Waals surface area contributed by atoms with Crippen LogP contribution in [0.4, 0.5) is 0 Å². The molecule has 130 valence electrons. The SMILES string of the molecule is O=C(NCC1CCC(c2ccccc2)C1)c1cc2c(cc1O)OCO2. The van der Waals surface area contributed by atoms with Crippen LogP contribution in [0, 0.1) is 5.92 Å². The van der Waals surface area contributed by atoms with Crippen molar-refractivity contribution in [3.63, 3.8) is 0 Å². The molecule has 1 saturated carbocycles. The summed E-state index contributed by atoms with van der Waals surface area (Å²) in [6.45, 7) is 0.735. The van der Waals surface area contributed by atoms with E-state index in [2.05, 4.69) is 29.6 Å². The Morgan fingerprint density at radius 1 is 1.12 bits per heavy atom. The maximum Gasteiger partial charge on any atom is 0.255 e. The van der Waals surface area contributed by atoms with Crippen molar-refractivity contribution in [3.8, 4) is 17.2 Å². The van der Waals surface area contributed by atoms with Gasteiger partial charge in [0.25, 0.3) is 5.91 Å². The molecule has 0 saturated heterocycles. The van der Waals surface area contributed by atoms with Crippen LogP contribution in [0.1, 0.15) is 41.1 Å². The highest BCUT2D eigenvalue weighted by Gasteiger charge is 2.27. The fraction of sp³-hybridized carbons (Fsp3) is 0.350. The number of nitrogens with one attached hydrogen (secondary N) is 1. The highest BCUT2D eigenvalue weighted by Crippen LogP contribution is 2.39. The Balaban J connectivity index is 1.35. The van der Waals surface area contributed by atoms with Gasteiger partial charge >= 0.3 is 0 Å². The van der Waals surface area contributed by atoms with E-state index in [1.54, 1.807) is 0 Å². The molecule has 2 aliphatic rings. The fourth-order valence-electron chi connectivity index (χ4n) is 3.73. The van der Waals surface area contributed by atoms with E-state index in [1.165, 1.54) is 17.7 Å². The summed E-state index contributed by atoms with van der Waals surface area (Å²) >= 11 is 0. The maximum absolute atomic E-state index is 12.4. The molecule has 2 atom stereocenters. The summed E-state index contributed by atoms with van der Waals surface area (Å²) in [7, 11) is 0. The summed E-state index contributed by atoms with van der Waals surface area (Å²) in [4.78, 5) is 12.4. The number of phenols is 1. The van der Waals surface area contributed by atoms with Gasteiger partial charge in [-0.2, -0.15) is 0 Å². The van der Waals surface area contributed by atoms with Gasteiger partial charge in [0, 0.05) is 18.7 Å². The summed E-state index contributed by atoms with van der Waals surface area (Å²) in [6.07, 6.45) is 3.34. The van der Waals surface area contributed by atoms with E-state index in [9.17, 15) is 9.90 Å².